The maximum absolute atomic E-state index is 12.5. The van der Waals surface area contributed by atoms with Gasteiger partial charge in [-0.25, -0.2) is 0 Å². The molecule has 0 aliphatic rings. The minimum Gasteiger partial charge on any atom is -0.325 e. The summed E-state index contributed by atoms with van der Waals surface area (Å²) in [6, 6.07) is 13.5. The van der Waals surface area contributed by atoms with Crippen molar-refractivity contribution in [3.05, 3.63) is 59.2 Å². The Kier molecular flexibility index (Phi) is 5.97. The molecule has 2 aromatic carbocycles. The van der Waals surface area contributed by atoms with Crippen LogP contribution in [0, 0.1) is 13.8 Å². The number of hydrogen-bond acceptors (Lipinski definition) is 2. The molecule has 0 atom stereocenters. The molecule has 0 fully saturated rings. The Hall–Kier alpha value is -2.62. The lowest BCUT2D eigenvalue weighted by atomic mass is 10.0. The first-order valence-corrected chi connectivity index (χ1v) is 8.53. The minimum absolute atomic E-state index is 0.00795. The van der Waals surface area contributed by atoms with Crippen LogP contribution in [0.3, 0.4) is 0 Å². The van der Waals surface area contributed by atoms with Gasteiger partial charge in [-0.05, 0) is 54.7 Å². The van der Waals surface area contributed by atoms with Crippen molar-refractivity contribution in [3.63, 3.8) is 0 Å². The van der Waals surface area contributed by atoms with Gasteiger partial charge in [-0.2, -0.15) is 0 Å². The van der Waals surface area contributed by atoms with Crippen LogP contribution in [0.1, 0.15) is 43.4 Å². The first-order chi connectivity index (χ1) is 11.8. The van der Waals surface area contributed by atoms with Gasteiger partial charge in [0.25, 0.3) is 0 Å². The summed E-state index contributed by atoms with van der Waals surface area (Å²) >= 11 is 0. The zero-order valence-electron chi connectivity index (χ0n) is 15.6. The largest absolute Gasteiger partial charge is 0.325 e. The molecule has 4 heteroatoms. The summed E-state index contributed by atoms with van der Waals surface area (Å²) in [5.41, 5.74) is 4.88. The van der Waals surface area contributed by atoms with Crippen molar-refractivity contribution in [1.29, 1.82) is 0 Å². The number of benzene rings is 2. The molecule has 0 aliphatic carbocycles. The molecular formula is C21H26N2O2. The summed E-state index contributed by atoms with van der Waals surface area (Å²) in [7, 11) is 0. The second kappa shape index (κ2) is 7.97. The smallest absolute Gasteiger partial charge is 0.244 e. The Balaban J connectivity index is 2.20. The fourth-order valence-corrected chi connectivity index (χ4v) is 2.75. The van der Waals surface area contributed by atoms with E-state index in [1.807, 2.05) is 56.3 Å². The van der Waals surface area contributed by atoms with Crippen LogP contribution in [0.2, 0.25) is 0 Å². The van der Waals surface area contributed by atoms with Crippen LogP contribution in [-0.2, 0) is 9.59 Å². The third-order valence-corrected chi connectivity index (χ3v) is 4.32. The highest BCUT2D eigenvalue weighted by Gasteiger charge is 2.19. The molecular weight excluding hydrogens is 312 g/mol. The number of anilines is 2. The third-order valence-electron chi connectivity index (χ3n) is 4.32. The van der Waals surface area contributed by atoms with Gasteiger partial charge in [0, 0.05) is 18.3 Å². The van der Waals surface area contributed by atoms with Crippen molar-refractivity contribution in [2.75, 3.05) is 16.8 Å². The lowest BCUT2D eigenvalue weighted by Gasteiger charge is -2.25. The molecule has 4 nitrogen and oxygen atoms in total. The van der Waals surface area contributed by atoms with Crippen molar-refractivity contribution in [3.8, 4) is 0 Å². The van der Waals surface area contributed by atoms with Gasteiger partial charge in [-0.15, -0.1) is 0 Å². The van der Waals surface area contributed by atoms with E-state index < -0.39 is 0 Å². The number of aryl methyl sites for hydroxylation is 2. The molecule has 0 aromatic heterocycles. The standard InChI is InChI=1S/C21H26N2O2/c1-14(2)19-8-6-7-9-20(19)23(17(5)24)13-21(25)22-18-11-10-15(3)16(4)12-18/h6-12,14H,13H2,1-5H3,(H,22,25). The number of amides is 2. The molecule has 0 bridgehead atoms. The molecule has 0 saturated heterocycles. The second-order valence-electron chi connectivity index (χ2n) is 6.67. The molecule has 0 heterocycles. The Bertz CT molecular complexity index is 781. The number of nitrogens with one attached hydrogen (secondary N) is 1. The van der Waals surface area contributed by atoms with Crippen molar-refractivity contribution in [2.45, 2.75) is 40.5 Å². The molecule has 2 amide bonds. The molecule has 0 spiro atoms. The van der Waals surface area contributed by atoms with E-state index in [9.17, 15) is 9.59 Å². The van der Waals surface area contributed by atoms with Gasteiger partial charge in [0.1, 0.15) is 6.54 Å². The highest BCUT2D eigenvalue weighted by Crippen LogP contribution is 2.27. The van der Waals surface area contributed by atoms with E-state index >= 15 is 0 Å². The Labute approximate surface area is 149 Å². The molecule has 1 N–H and O–H groups in total. The molecule has 25 heavy (non-hydrogen) atoms. The van der Waals surface area contributed by atoms with E-state index in [4.69, 9.17) is 0 Å². The number of hydrogen-bond donors (Lipinski definition) is 1. The van der Waals surface area contributed by atoms with Gasteiger partial charge in [0.05, 0.1) is 0 Å². The normalized spacial score (nSPS) is 10.6. The zero-order chi connectivity index (χ0) is 18.6. The predicted molar refractivity (Wildman–Crippen MR) is 103 cm³/mol. The summed E-state index contributed by atoms with van der Waals surface area (Å²) in [6.07, 6.45) is 0. The first-order valence-electron chi connectivity index (χ1n) is 8.53. The molecule has 132 valence electrons. The Morgan fingerprint density at radius 3 is 2.32 bits per heavy atom. The second-order valence-corrected chi connectivity index (χ2v) is 6.67. The fourth-order valence-electron chi connectivity index (χ4n) is 2.75. The summed E-state index contributed by atoms with van der Waals surface area (Å²) in [5.74, 6) is -0.0961. The van der Waals surface area contributed by atoms with Crippen LogP contribution in [0.4, 0.5) is 11.4 Å². The maximum atomic E-state index is 12.5. The fraction of sp³-hybridized carbons (Fsp3) is 0.333. The van der Waals surface area contributed by atoms with Gasteiger partial charge in [-0.3, -0.25) is 9.59 Å². The monoisotopic (exact) mass is 338 g/mol. The quantitative estimate of drug-likeness (QED) is 0.877. The molecule has 2 aromatic rings. The van der Waals surface area contributed by atoms with Crippen LogP contribution in [0.5, 0.6) is 0 Å². The van der Waals surface area contributed by atoms with E-state index in [-0.39, 0.29) is 24.3 Å². The minimum atomic E-state index is -0.211. The van der Waals surface area contributed by atoms with Gasteiger partial charge in [0.2, 0.25) is 11.8 Å². The molecule has 0 radical (unpaired) electrons. The van der Waals surface area contributed by atoms with Crippen LogP contribution in [0.15, 0.2) is 42.5 Å². The van der Waals surface area contributed by atoms with Crippen molar-refractivity contribution in [1.82, 2.24) is 0 Å². The van der Waals surface area contributed by atoms with Gasteiger partial charge in [-0.1, -0.05) is 38.1 Å². The van der Waals surface area contributed by atoms with Gasteiger partial charge >= 0.3 is 0 Å². The van der Waals surface area contributed by atoms with Crippen molar-refractivity contribution >= 4 is 23.2 Å². The Morgan fingerprint density at radius 1 is 1.04 bits per heavy atom. The highest BCUT2D eigenvalue weighted by molar-refractivity contribution is 6.02. The van der Waals surface area contributed by atoms with E-state index in [1.54, 1.807) is 0 Å². The summed E-state index contributed by atoms with van der Waals surface area (Å²) < 4.78 is 0. The zero-order valence-corrected chi connectivity index (χ0v) is 15.6. The molecule has 0 unspecified atom stereocenters. The first kappa shape index (κ1) is 18.7. The van der Waals surface area contributed by atoms with Gasteiger partial charge < -0.3 is 10.2 Å². The summed E-state index contributed by atoms with van der Waals surface area (Å²) in [4.78, 5) is 26.2. The number of carbonyl (C=O) groups is 2. The number of carbonyl (C=O) groups excluding carboxylic acids is 2. The average molecular weight is 338 g/mol. The topological polar surface area (TPSA) is 49.4 Å². The van der Waals surface area contributed by atoms with Crippen molar-refractivity contribution < 1.29 is 9.59 Å². The third kappa shape index (κ3) is 4.69. The molecule has 2 rings (SSSR count). The molecule has 0 aliphatic heterocycles. The van der Waals surface area contributed by atoms with E-state index in [1.165, 1.54) is 17.4 Å². The van der Waals surface area contributed by atoms with Gasteiger partial charge in [0.15, 0.2) is 0 Å². The number of para-hydroxylation sites is 1. The Morgan fingerprint density at radius 2 is 1.72 bits per heavy atom. The van der Waals surface area contributed by atoms with E-state index in [0.717, 1.165) is 22.5 Å². The maximum Gasteiger partial charge on any atom is 0.244 e. The molecule has 0 saturated carbocycles. The van der Waals surface area contributed by atoms with Crippen LogP contribution in [-0.4, -0.2) is 18.4 Å². The van der Waals surface area contributed by atoms with E-state index in [0.29, 0.717) is 0 Å². The average Bonchev–Trinajstić information content (AvgIpc) is 2.55. The van der Waals surface area contributed by atoms with Crippen molar-refractivity contribution in [2.24, 2.45) is 0 Å². The SMILES string of the molecule is CC(=O)N(CC(=O)Nc1ccc(C)c(C)c1)c1ccccc1C(C)C. The van der Waals surface area contributed by atoms with Crippen LogP contribution >= 0.6 is 0 Å². The summed E-state index contributed by atoms with van der Waals surface area (Å²) in [5, 5.41) is 2.88. The lowest BCUT2D eigenvalue weighted by Crippen LogP contribution is -2.37. The summed E-state index contributed by atoms with van der Waals surface area (Å²) in [6.45, 7) is 9.66. The lowest BCUT2D eigenvalue weighted by molar-refractivity contribution is -0.120. The van der Waals surface area contributed by atoms with Crippen LogP contribution < -0.4 is 10.2 Å². The highest BCUT2D eigenvalue weighted by atomic mass is 16.2. The predicted octanol–water partition coefficient (Wildman–Crippen LogP) is 4.42. The van der Waals surface area contributed by atoms with Crippen LogP contribution in [0.25, 0.3) is 0 Å². The van der Waals surface area contributed by atoms with E-state index in [2.05, 4.69) is 19.2 Å². The number of rotatable bonds is 5. The number of nitrogens with zero attached hydrogens (tertiary/aromatic N) is 1.